The molecule has 1 aliphatic heterocycles. The van der Waals surface area contributed by atoms with Gasteiger partial charge in [0.1, 0.15) is 17.4 Å². The fraction of sp³-hybridized carbons (Fsp3) is 0.345. The molecule has 6 rings (SSSR count). The van der Waals surface area contributed by atoms with E-state index in [1.54, 1.807) is 0 Å². The van der Waals surface area contributed by atoms with Gasteiger partial charge in [-0.1, -0.05) is 68.4 Å². The summed E-state index contributed by atoms with van der Waals surface area (Å²) in [5, 5.41) is 10.0. The van der Waals surface area contributed by atoms with Crippen LogP contribution in [0, 0.1) is 12.8 Å². The molecule has 0 spiro atoms. The molecule has 0 N–H and O–H groups in total. The minimum absolute atomic E-state index is 0.493. The van der Waals surface area contributed by atoms with E-state index in [9.17, 15) is 0 Å². The van der Waals surface area contributed by atoms with Gasteiger partial charge in [0, 0.05) is 16.0 Å². The van der Waals surface area contributed by atoms with Crippen LogP contribution in [0.2, 0.25) is 0 Å². The molecular weight excluding hydrogens is 436 g/mol. The highest BCUT2D eigenvalue weighted by Crippen LogP contribution is 2.41. The quantitative estimate of drug-likeness (QED) is 0.339. The maximum Gasteiger partial charge on any atom is 0.160 e. The molecule has 0 saturated carbocycles. The molecule has 1 atom stereocenters. The van der Waals surface area contributed by atoms with Crippen molar-refractivity contribution in [2.75, 3.05) is 0 Å². The van der Waals surface area contributed by atoms with Gasteiger partial charge >= 0.3 is 0 Å². The summed E-state index contributed by atoms with van der Waals surface area (Å²) in [5.74, 6) is 2.95. The van der Waals surface area contributed by atoms with Gasteiger partial charge in [0.05, 0.1) is 5.71 Å². The van der Waals surface area contributed by atoms with Crippen molar-refractivity contribution >= 4 is 17.0 Å². The highest BCUT2D eigenvalue weighted by atomic mass is 32.1. The van der Waals surface area contributed by atoms with E-state index in [1.807, 2.05) is 18.3 Å². The van der Waals surface area contributed by atoms with Gasteiger partial charge in [0.2, 0.25) is 0 Å². The number of aliphatic imine (C=N–C) groups is 1. The highest BCUT2D eigenvalue weighted by molar-refractivity contribution is 7.15. The smallest absolute Gasteiger partial charge is 0.160 e. The van der Waals surface area contributed by atoms with Gasteiger partial charge in [-0.05, 0) is 61.1 Å². The Bertz CT molecular complexity index is 1360. The average Bonchev–Trinajstić information content (AvgIpc) is 3.51. The summed E-state index contributed by atoms with van der Waals surface area (Å²) in [6.07, 6.45) is 4.62. The Balaban J connectivity index is 1.38. The van der Waals surface area contributed by atoms with Gasteiger partial charge < -0.3 is 0 Å². The lowest BCUT2D eigenvalue weighted by Gasteiger charge is -2.22. The Morgan fingerprint density at radius 3 is 2.53 bits per heavy atom. The van der Waals surface area contributed by atoms with E-state index in [-0.39, 0.29) is 0 Å². The first-order chi connectivity index (χ1) is 16.6. The van der Waals surface area contributed by atoms with Crippen LogP contribution in [0.25, 0.3) is 5.00 Å². The van der Waals surface area contributed by atoms with E-state index < -0.39 is 0 Å². The van der Waals surface area contributed by atoms with Crippen LogP contribution in [-0.2, 0) is 25.8 Å². The molecule has 34 heavy (non-hydrogen) atoms. The molecule has 1 unspecified atom stereocenters. The molecule has 4 nitrogen and oxygen atoms in total. The zero-order valence-electron chi connectivity index (χ0n) is 20.1. The Morgan fingerprint density at radius 2 is 1.76 bits per heavy atom. The fourth-order valence-corrected chi connectivity index (χ4v) is 6.98. The number of hydrogen-bond acceptors (Lipinski definition) is 4. The van der Waals surface area contributed by atoms with Crippen molar-refractivity contribution in [3.05, 3.63) is 98.9 Å². The van der Waals surface area contributed by atoms with Gasteiger partial charge in [-0.25, -0.2) is 0 Å². The summed E-state index contributed by atoms with van der Waals surface area (Å²) in [6.45, 7) is 7.27. The van der Waals surface area contributed by atoms with Crippen molar-refractivity contribution in [3.8, 4) is 5.00 Å². The average molecular weight is 467 g/mol. The molecule has 2 aromatic carbocycles. The Hall–Kier alpha value is -3.05. The van der Waals surface area contributed by atoms with Gasteiger partial charge in [0.25, 0.3) is 0 Å². The zero-order chi connectivity index (χ0) is 23.2. The first kappa shape index (κ1) is 21.5. The van der Waals surface area contributed by atoms with Crippen LogP contribution in [0.4, 0.5) is 0 Å². The normalized spacial score (nSPS) is 15.5. The van der Waals surface area contributed by atoms with Crippen LogP contribution in [0.15, 0.2) is 59.6 Å². The van der Waals surface area contributed by atoms with Crippen LogP contribution in [0.3, 0.4) is 0 Å². The molecule has 4 aromatic rings. The van der Waals surface area contributed by atoms with Crippen LogP contribution < -0.4 is 0 Å². The number of aromatic nitrogens is 3. The minimum atomic E-state index is 0.493. The molecule has 2 aromatic heterocycles. The number of fused-ring (bicyclic) bond motifs is 5. The number of rotatable bonds is 5. The van der Waals surface area contributed by atoms with E-state index >= 15 is 0 Å². The summed E-state index contributed by atoms with van der Waals surface area (Å²) in [5.41, 5.74) is 7.94. The van der Waals surface area contributed by atoms with Gasteiger partial charge in [0.15, 0.2) is 5.82 Å². The zero-order valence-corrected chi connectivity index (χ0v) is 20.9. The van der Waals surface area contributed by atoms with E-state index in [0.717, 1.165) is 30.2 Å². The first-order valence-corrected chi connectivity index (χ1v) is 13.2. The predicted octanol–water partition coefficient (Wildman–Crippen LogP) is 6.46. The molecule has 0 radical (unpaired) electrons. The van der Waals surface area contributed by atoms with Crippen molar-refractivity contribution in [1.29, 1.82) is 0 Å². The molecule has 0 fully saturated rings. The van der Waals surface area contributed by atoms with Gasteiger partial charge in [-0.15, -0.1) is 21.5 Å². The second kappa shape index (κ2) is 8.62. The number of benzene rings is 2. The molecule has 0 bridgehead atoms. The lowest BCUT2D eigenvalue weighted by atomic mass is 9.83. The summed E-state index contributed by atoms with van der Waals surface area (Å²) >= 11 is 1.91. The van der Waals surface area contributed by atoms with E-state index in [4.69, 9.17) is 4.99 Å². The van der Waals surface area contributed by atoms with Crippen molar-refractivity contribution < 1.29 is 0 Å². The molecule has 1 aliphatic carbocycles. The number of nitrogens with zero attached hydrogens (tertiary/aromatic N) is 4. The Kier molecular flexibility index (Phi) is 5.45. The lowest BCUT2D eigenvalue weighted by molar-refractivity contribution is 0.495. The number of hydrogen-bond donors (Lipinski definition) is 0. The van der Waals surface area contributed by atoms with Crippen molar-refractivity contribution in [2.24, 2.45) is 10.9 Å². The monoisotopic (exact) mass is 466 g/mol. The first-order valence-electron chi connectivity index (χ1n) is 12.3. The third-order valence-corrected chi connectivity index (χ3v) is 8.61. The molecule has 172 valence electrons. The molecule has 0 amide bonds. The van der Waals surface area contributed by atoms with Crippen molar-refractivity contribution in [3.63, 3.8) is 0 Å². The van der Waals surface area contributed by atoms with E-state index in [1.165, 1.54) is 50.5 Å². The molecular formula is C29H30N4S. The lowest BCUT2D eigenvalue weighted by Crippen LogP contribution is -2.11. The molecule has 3 heterocycles. The Morgan fingerprint density at radius 1 is 0.971 bits per heavy atom. The van der Waals surface area contributed by atoms with Crippen LogP contribution in [0.1, 0.15) is 70.5 Å². The van der Waals surface area contributed by atoms with Crippen molar-refractivity contribution in [1.82, 2.24) is 14.8 Å². The van der Waals surface area contributed by atoms with Crippen LogP contribution in [-0.4, -0.2) is 20.5 Å². The van der Waals surface area contributed by atoms with E-state index in [2.05, 4.69) is 83.2 Å². The minimum Gasteiger partial charge on any atom is -0.276 e. The molecule has 0 saturated heterocycles. The van der Waals surface area contributed by atoms with Gasteiger partial charge in [-0.2, -0.15) is 0 Å². The summed E-state index contributed by atoms with van der Waals surface area (Å²) in [6, 6.07) is 20.1. The highest BCUT2D eigenvalue weighted by Gasteiger charge is 2.30. The maximum atomic E-state index is 5.12. The summed E-state index contributed by atoms with van der Waals surface area (Å²) in [7, 11) is 0. The van der Waals surface area contributed by atoms with E-state index in [0.29, 0.717) is 18.4 Å². The van der Waals surface area contributed by atoms with Gasteiger partial charge in [-0.3, -0.25) is 9.56 Å². The number of aryl methyl sites for hydroxylation is 2. The maximum absolute atomic E-state index is 5.12. The third-order valence-electron chi connectivity index (χ3n) is 7.33. The molecule has 5 heteroatoms. The summed E-state index contributed by atoms with van der Waals surface area (Å²) < 4.78 is 2.23. The second-order valence-electron chi connectivity index (χ2n) is 9.86. The third kappa shape index (κ3) is 3.63. The second-order valence-corrected chi connectivity index (χ2v) is 10.9. The SMILES string of the molecule is Cc1nnc2n1-c1sc3c(c1C(c1ccc(C(Cc4ccccc4)C(C)C)cc1)=NC2)CCC3. The predicted molar refractivity (Wildman–Crippen MR) is 140 cm³/mol. The Labute approximate surface area is 205 Å². The number of thiophene rings is 1. The topological polar surface area (TPSA) is 43.1 Å². The fourth-order valence-electron chi connectivity index (χ4n) is 5.52. The molecule has 2 aliphatic rings. The standard InChI is InChI=1S/C29H30N4S/c1-18(2)24(16-20-8-5-4-6-9-20)21-12-14-22(15-13-21)28-27-23-10-7-11-25(23)34-29(27)33-19(3)31-32-26(33)17-30-28/h4-6,8-9,12-15,18,24H,7,10-11,16-17H2,1-3H3. The largest absolute Gasteiger partial charge is 0.276 e. The van der Waals surface area contributed by atoms with Crippen LogP contribution >= 0.6 is 11.3 Å². The van der Waals surface area contributed by atoms with Crippen molar-refractivity contribution in [2.45, 2.75) is 58.9 Å². The summed E-state index contributed by atoms with van der Waals surface area (Å²) in [4.78, 5) is 6.63. The van der Waals surface area contributed by atoms with Crippen LogP contribution in [0.5, 0.6) is 0 Å².